The van der Waals surface area contributed by atoms with Crippen LogP contribution in [0.15, 0.2) is 18.5 Å². The largest absolute Gasteiger partial charge is 0.425 e. The molecule has 10 heteroatoms. The van der Waals surface area contributed by atoms with Gasteiger partial charge in [0.1, 0.15) is 10.4 Å². The lowest BCUT2D eigenvalue weighted by atomic mass is 10.4. The van der Waals surface area contributed by atoms with Crippen LogP contribution in [0.4, 0.5) is 13.2 Å². The molecule has 4 nitrogen and oxygen atoms in total. The maximum Gasteiger partial charge on any atom is 0.425 e. The molecule has 0 saturated heterocycles. The molecule has 0 aliphatic heterocycles. The number of imidazole rings is 1. The predicted molar refractivity (Wildman–Crippen MR) is 73.8 cm³/mol. The fourth-order valence-electron chi connectivity index (χ4n) is 1.81. The highest BCUT2D eigenvalue weighted by Gasteiger charge is 2.32. The third-order valence-corrected chi connectivity index (χ3v) is 4.22. The Hall–Kier alpha value is -1.38. The minimum atomic E-state index is -4.34. The summed E-state index contributed by atoms with van der Waals surface area (Å²) < 4.78 is 39.3. The molecule has 0 amide bonds. The Bertz CT molecular complexity index is 812. The van der Waals surface area contributed by atoms with E-state index in [9.17, 15) is 13.2 Å². The third kappa shape index (κ3) is 2.83. The number of nitrogens with zero attached hydrogens (tertiary/aromatic N) is 4. The first kappa shape index (κ1) is 14.6. The van der Waals surface area contributed by atoms with Crippen molar-refractivity contribution in [2.24, 2.45) is 0 Å². The van der Waals surface area contributed by atoms with Gasteiger partial charge in [-0.05, 0) is 23.7 Å². The highest BCUT2D eigenvalue weighted by Crippen LogP contribution is 2.35. The number of rotatable bonds is 2. The SMILES string of the molecule is FC(F)(F)c1ccc(Cn2cnc3nc(Cl)nc(Cl)c32)s1. The summed E-state index contributed by atoms with van der Waals surface area (Å²) in [6.07, 6.45) is -2.90. The molecule has 0 N–H and O–H groups in total. The Morgan fingerprint density at radius 2 is 1.95 bits per heavy atom. The molecular formula is C11H5Cl2F3N4S. The van der Waals surface area contributed by atoms with Crippen molar-refractivity contribution in [3.63, 3.8) is 0 Å². The van der Waals surface area contributed by atoms with Gasteiger partial charge in [-0.1, -0.05) is 11.6 Å². The van der Waals surface area contributed by atoms with Gasteiger partial charge >= 0.3 is 6.18 Å². The van der Waals surface area contributed by atoms with E-state index in [0.29, 0.717) is 27.4 Å². The van der Waals surface area contributed by atoms with Gasteiger partial charge in [-0.2, -0.15) is 18.2 Å². The van der Waals surface area contributed by atoms with Crippen molar-refractivity contribution in [3.8, 4) is 0 Å². The quantitative estimate of drug-likeness (QED) is 0.511. The van der Waals surface area contributed by atoms with E-state index in [1.165, 1.54) is 12.4 Å². The molecule has 3 heterocycles. The average molecular weight is 353 g/mol. The van der Waals surface area contributed by atoms with Gasteiger partial charge in [0.25, 0.3) is 0 Å². The zero-order valence-corrected chi connectivity index (χ0v) is 12.4. The van der Waals surface area contributed by atoms with E-state index in [1.54, 1.807) is 4.57 Å². The van der Waals surface area contributed by atoms with Crippen LogP contribution in [-0.2, 0) is 12.7 Å². The van der Waals surface area contributed by atoms with Gasteiger partial charge in [0, 0.05) is 4.88 Å². The zero-order valence-electron chi connectivity index (χ0n) is 10.0. The van der Waals surface area contributed by atoms with Crippen molar-refractivity contribution in [1.29, 1.82) is 0 Å². The van der Waals surface area contributed by atoms with E-state index in [2.05, 4.69) is 15.0 Å². The second kappa shape index (κ2) is 5.11. The Morgan fingerprint density at radius 3 is 2.62 bits per heavy atom. The topological polar surface area (TPSA) is 43.6 Å². The van der Waals surface area contributed by atoms with Crippen LogP contribution in [0, 0.1) is 0 Å². The maximum atomic E-state index is 12.6. The summed E-state index contributed by atoms with van der Waals surface area (Å²) in [5.74, 6) is 0. The zero-order chi connectivity index (χ0) is 15.2. The molecule has 0 aromatic carbocycles. The van der Waals surface area contributed by atoms with Gasteiger partial charge in [0.2, 0.25) is 5.28 Å². The molecule has 21 heavy (non-hydrogen) atoms. The highest BCUT2D eigenvalue weighted by atomic mass is 35.5. The summed E-state index contributed by atoms with van der Waals surface area (Å²) in [5, 5.41) is 0.0725. The Kier molecular flexibility index (Phi) is 3.54. The van der Waals surface area contributed by atoms with Crippen molar-refractivity contribution >= 4 is 45.7 Å². The van der Waals surface area contributed by atoms with Crippen LogP contribution in [0.3, 0.4) is 0 Å². The average Bonchev–Trinajstić information content (AvgIpc) is 2.96. The Labute approximate surface area is 130 Å². The second-order valence-corrected chi connectivity index (χ2v) is 5.96. The van der Waals surface area contributed by atoms with E-state index in [1.807, 2.05) is 0 Å². The lowest BCUT2D eigenvalue weighted by molar-refractivity contribution is -0.134. The minimum Gasteiger partial charge on any atom is -0.321 e. The van der Waals surface area contributed by atoms with E-state index < -0.39 is 11.1 Å². The number of hydrogen-bond donors (Lipinski definition) is 0. The second-order valence-electron chi connectivity index (χ2n) is 4.09. The molecule has 3 aromatic heterocycles. The maximum absolute atomic E-state index is 12.6. The molecular weight excluding hydrogens is 348 g/mol. The molecule has 0 fully saturated rings. The fourth-order valence-corrected chi connectivity index (χ4v) is 3.17. The third-order valence-electron chi connectivity index (χ3n) is 2.67. The van der Waals surface area contributed by atoms with Gasteiger partial charge in [-0.3, -0.25) is 0 Å². The molecule has 0 unspecified atom stereocenters. The number of thiophene rings is 1. The summed E-state index contributed by atoms with van der Waals surface area (Å²) in [5.41, 5.74) is 0.732. The molecule has 0 bridgehead atoms. The molecule has 0 aliphatic carbocycles. The van der Waals surface area contributed by atoms with Crippen LogP contribution in [-0.4, -0.2) is 19.5 Å². The smallest absolute Gasteiger partial charge is 0.321 e. The molecule has 0 spiro atoms. The van der Waals surface area contributed by atoms with E-state index in [0.717, 1.165) is 6.07 Å². The summed E-state index contributed by atoms with van der Waals surface area (Å²) in [7, 11) is 0. The molecule has 3 rings (SSSR count). The lowest BCUT2D eigenvalue weighted by Gasteiger charge is -2.04. The molecule has 3 aromatic rings. The van der Waals surface area contributed by atoms with Crippen molar-refractivity contribution in [3.05, 3.63) is 38.7 Å². The van der Waals surface area contributed by atoms with E-state index in [-0.39, 0.29) is 17.0 Å². The standard InChI is InChI=1S/C11H5Cl2F3N4S/c12-8-7-9(19-10(13)18-8)17-4-20(7)3-5-1-2-6(21-5)11(14,15)16/h1-2,4H,3H2. The van der Waals surface area contributed by atoms with Crippen LogP contribution in [0.5, 0.6) is 0 Å². The predicted octanol–water partition coefficient (Wildman–Crippen LogP) is 4.26. The molecule has 0 aliphatic rings. The number of hydrogen-bond acceptors (Lipinski definition) is 4. The summed E-state index contributed by atoms with van der Waals surface area (Å²) in [6.45, 7) is 0.196. The van der Waals surface area contributed by atoms with Gasteiger partial charge in [0.05, 0.1) is 12.9 Å². The summed E-state index contributed by atoms with van der Waals surface area (Å²) >= 11 is 12.3. The highest BCUT2D eigenvalue weighted by molar-refractivity contribution is 7.12. The van der Waals surface area contributed by atoms with Crippen LogP contribution >= 0.6 is 34.5 Å². The van der Waals surface area contributed by atoms with Crippen molar-refractivity contribution in [2.45, 2.75) is 12.7 Å². The Morgan fingerprint density at radius 1 is 1.19 bits per heavy atom. The van der Waals surface area contributed by atoms with Crippen molar-refractivity contribution in [1.82, 2.24) is 19.5 Å². The lowest BCUT2D eigenvalue weighted by Crippen LogP contribution is -2.01. The monoisotopic (exact) mass is 352 g/mol. The molecule has 0 saturated carbocycles. The van der Waals surface area contributed by atoms with Crippen molar-refractivity contribution < 1.29 is 13.2 Å². The fraction of sp³-hybridized carbons (Fsp3) is 0.182. The van der Waals surface area contributed by atoms with E-state index in [4.69, 9.17) is 23.2 Å². The van der Waals surface area contributed by atoms with Gasteiger partial charge < -0.3 is 4.57 Å². The normalized spacial score (nSPS) is 12.2. The van der Waals surface area contributed by atoms with Crippen LogP contribution in [0.2, 0.25) is 10.4 Å². The number of alkyl halides is 3. The van der Waals surface area contributed by atoms with Gasteiger partial charge in [-0.25, -0.2) is 9.97 Å². The summed E-state index contributed by atoms with van der Waals surface area (Å²) in [4.78, 5) is 11.6. The first-order valence-corrected chi connectivity index (χ1v) is 7.11. The van der Waals surface area contributed by atoms with Gasteiger partial charge in [0.15, 0.2) is 10.8 Å². The van der Waals surface area contributed by atoms with E-state index >= 15 is 0 Å². The Balaban J connectivity index is 1.97. The van der Waals surface area contributed by atoms with Crippen LogP contribution < -0.4 is 0 Å². The summed E-state index contributed by atoms with van der Waals surface area (Å²) in [6, 6.07) is 2.47. The van der Waals surface area contributed by atoms with Crippen LogP contribution in [0.25, 0.3) is 11.2 Å². The number of fused-ring (bicyclic) bond motifs is 1. The first-order valence-electron chi connectivity index (χ1n) is 5.54. The van der Waals surface area contributed by atoms with Crippen molar-refractivity contribution in [2.75, 3.05) is 0 Å². The first-order chi connectivity index (χ1) is 9.84. The van der Waals surface area contributed by atoms with Gasteiger partial charge in [-0.15, -0.1) is 11.3 Å². The molecule has 110 valence electrons. The molecule has 0 atom stereocenters. The minimum absolute atomic E-state index is 0.0340. The number of aromatic nitrogens is 4. The number of halogens is 5. The molecule has 0 radical (unpaired) electrons. The van der Waals surface area contributed by atoms with Crippen LogP contribution in [0.1, 0.15) is 9.75 Å².